The van der Waals surface area contributed by atoms with Crippen molar-refractivity contribution in [2.24, 2.45) is 5.73 Å². The van der Waals surface area contributed by atoms with Crippen molar-refractivity contribution in [2.45, 2.75) is 19.4 Å². The molecule has 0 heterocycles. The Labute approximate surface area is 133 Å². The molecule has 0 spiro atoms. The van der Waals surface area contributed by atoms with Gasteiger partial charge in [0.25, 0.3) is 5.91 Å². The molecule has 3 N–H and O–H groups in total. The molecule has 6 nitrogen and oxygen atoms in total. The lowest BCUT2D eigenvalue weighted by atomic mass is 10.1. The van der Waals surface area contributed by atoms with Crippen molar-refractivity contribution in [1.82, 2.24) is 5.32 Å². The van der Waals surface area contributed by atoms with Crippen molar-refractivity contribution in [3.8, 4) is 0 Å². The van der Waals surface area contributed by atoms with Crippen molar-refractivity contribution in [3.63, 3.8) is 0 Å². The lowest BCUT2D eigenvalue weighted by Crippen LogP contribution is -2.44. The summed E-state index contributed by atoms with van der Waals surface area (Å²) in [7, 11) is 0. The van der Waals surface area contributed by atoms with E-state index < -0.39 is 23.8 Å². The molecular weight excluding hydrogens is 308 g/mol. The maximum Gasteiger partial charge on any atom is 0.330 e. The summed E-state index contributed by atoms with van der Waals surface area (Å²) in [4.78, 5) is 34.6. The monoisotopic (exact) mass is 324 g/mol. The molecule has 0 saturated carbocycles. The molecule has 0 saturated heterocycles. The number of primary amides is 1. The summed E-state index contributed by atoms with van der Waals surface area (Å²) in [6, 6.07) is 5.49. The average Bonchev–Trinajstić information content (AvgIpc) is 2.46. The minimum atomic E-state index is -0.950. The second-order valence-corrected chi connectivity index (χ2v) is 4.71. The highest BCUT2D eigenvalue weighted by atomic mass is 35.5. The molecule has 118 valence electrons. The Hall–Kier alpha value is -2.34. The van der Waals surface area contributed by atoms with Crippen molar-refractivity contribution >= 4 is 29.4 Å². The standard InChI is InChI=1S/C15H17ClN2O4/c1-2-22-13(19)9-5-8-12(14(17)20)18-15(21)10-6-3-4-7-11(10)16/h3-7,9,12H,2,8H2,1H3,(H2,17,20)(H,18,21)/b9-5+/t12-/m0/s1. The summed E-state index contributed by atoms with van der Waals surface area (Å²) in [6.45, 7) is 1.94. The summed E-state index contributed by atoms with van der Waals surface area (Å²) in [5, 5.41) is 2.75. The Morgan fingerprint density at radius 2 is 2.05 bits per heavy atom. The van der Waals surface area contributed by atoms with Crippen LogP contribution in [-0.2, 0) is 14.3 Å². The zero-order chi connectivity index (χ0) is 16.5. The summed E-state index contributed by atoms with van der Waals surface area (Å²) in [5.74, 6) is -1.75. The van der Waals surface area contributed by atoms with Gasteiger partial charge in [0, 0.05) is 6.08 Å². The van der Waals surface area contributed by atoms with Gasteiger partial charge in [0.1, 0.15) is 6.04 Å². The first-order chi connectivity index (χ1) is 10.5. The zero-order valence-electron chi connectivity index (χ0n) is 12.0. The van der Waals surface area contributed by atoms with Crippen LogP contribution in [0.3, 0.4) is 0 Å². The summed E-state index contributed by atoms with van der Waals surface area (Å²) in [6.07, 6.45) is 2.67. The number of carbonyl (C=O) groups excluding carboxylic acids is 3. The Morgan fingerprint density at radius 3 is 2.64 bits per heavy atom. The van der Waals surface area contributed by atoms with Crippen LogP contribution in [-0.4, -0.2) is 30.4 Å². The molecule has 0 bridgehead atoms. The summed E-state index contributed by atoms with van der Waals surface area (Å²) in [5.41, 5.74) is 5.48. The van der Waals surface area contributed by atoms with Gasteiger partial charge in [0.05, 0.1) is 17.2 Å². The number of hydrogen-bond donors (Lipinski definition) is 2. The van der Waals surface area contributed by atoms with Gasteiger partial charge in [-0.2, -0.15) is 0 Å². The van der Waals surface area contributed by atoms with E-state index in [2.05, 4.69) is 5.32 Å². The molecule has 0 unspecified atom stereocenters. The number of benzene rings is 1. The second-order valence-electron chi connectivity index (χ2n) is 4.30. The van der Waals surface area contributed by atoms with Crippen molar-refractivity contribution in [3.05, 3.63) is 47.0 Å². The molecule has 0 aliphatic carbocycles. The number of carbonyl (C=O) groups is 3. The molecule has 0 aliphatic heterocycles. The van der Waals surface area contributed by atoms with Crippen LogP contribution < -0.4 is 11.1 Å². The fourth-order valence-corrected chi connectivity index (χ4v) is 1.84. The number of nitrogens with one attached hydrogen (secondary N) is 1. The molecule has 0 aromatic heterocycles. The summed E-state index contributed by atoms with van der Waals surface area (Å²) < 4.78 is 4.70. The third-order valence-corrected chi connectivity index (χ3v) is 3.01. The van der Waals surface area contributed by atoms with Gasteiger partial charge in [-0.3, -0.25) is 9.59 Å². The minimum Gasteiger partial charge on any atom is -0.463 e. The molecule has 1 rings (SSSR count). The molecule has 0 radical (unpaired) electrons. The highest BCUT2D eigenvalue weighted by Gasteiger charge is 2.19. The molecule has 1 aromatic carbocycles. The van der Waals surface area contributed by atoms with Crippen LogP contribution >= 0.6 is 11.6 Å². The Morgan fingerprint density at radius 1 is 1.36 bits per heavy atom. The van der Waals surface area contributed by atoms with Crippen LogP contribution in [0.5, 0.6) is 0 Å². The maximum atomic E-state index is 12.1. The number of amides is 2. The quantitative estimate of drug-likeness (QED) is 0.585. The van der Waals surface area contributed by atoms with Gasteiger partial charge >= 0.3 is 5.97 Å². The van der Waals surface area contributed by atoms with Crippen LogP contribution in [0.15, 0.2) is 36.4 Å². The Kier molecular flexibility index (Phi) is 7.12. The van der Waals surface area contributed by atoms with Gasteiger partial charge in [-0.1, -0.05) is 29.8 Å². The molecule has 0 fully saturated rings. The van der Waals surface area contributed by atoms with Crippen molar-refractivity contribution in [1.29, 1.82) is 0 Å². The molecule has 7 heteroatoms. The number of nitrogens with two attached hydrogens (primary N) is 1. The molecular formula is C15H17ClN2O4. The lowest BCUT2D eigenvalue weighted by Gasteiger charge is -2.14. The first-order valence-corrected chi connectivity index (χ1v) is 7.01. The van der Waals surface area contributed by atoms with Gasteiger partial charge in [0.2, 0.25) is 5.91 Å². The van der Waals surface area contributed by atoms with Gasteiger partial charge in [-0.05, 0) is 25.5 Å². The third-order valence-electron chi connectivity index (χ3n) is 2.68. The Balaban J connectivity index is 2.69. The molecule has 2 amide bonds. The van der Waals surface area contributed by atoms with Crippen LogP contribution in [0.2, 0.25) is 5.02 Å². The highest BCUT2D eigenvalue weighted by Crippen LogP contribution is 2.14. The van der Waals surface area contributed by atoms with Crippen LogP contribution in [0, 0.1) is 0 Å². The van der Waals surface area contributed by atoms with Crippen LogP contribution in [0.4, 0.5) is 0 Å². The SMILES string of the molecule is CCOC(=O)/C=C/C[C@H](NC(=O)c1ccccc1Cl)C(N)=O. The van der Waals surface area contributed by atoms with E-state index in [9.17, 15) is 14.4 Å². The smallest absolute Gasteiger partial charge is 0.330 e. The second kappa shape index (κ2) is 8.84. The number of hydrogen-bond acceptors (Lipinski definition) is 4. The first kappa shape index (κ1) is 17.7. The van der Waals surface area contributed by atoms with Gasteiger partial charge < -0.3 is 15.8 Å². The largest absolute Gasteiger partial charge is 0.463 e. The van der Waals surface area contributed by atoms with E-state index in [4.69, 9.17) is 22.1 Å². The third kappa shape index (κ3) is 5.57. The fourth-order valence-electron chi connectivity index (χ4n) is 1.62. The van der Waals surface area contributed by atoms with E-state index in [0.717, 1.165) is 0 Å². The summed E-state index contributed by atoms with van der Waals surface area (Å²) >= 11 is 5.91. The van der Waals surface area contributed by atoms with Gasteiger partial charge in [0.15, 0.2) is 0 Å². The van der Waals surface area contributed by atoms with Crippen molar-refractivity contribution < 1.29 is 19.1 Å². The highest BCUT2D eigenvalue weighted by molar-refractivity contribution is 6.33. The topological polar surface area (TPSA) is 98.5 Å². The normalized spacial score (nSPS) is 11.9. The van der Waals surface area contributed by atoms with Gasteiger partial charge in [-0.25, -0.2) is 4.79 Å². The predicted molar refractivity (Wildman–Crippen MR) is 82.3 cm³/mol. The van der Waals surface area contributed by atoms with Crippen LogP contribution in [0.1, 0.15) is 23.7 Å². The number of esters is 1. The van der Waals surface area contributed by atoms with Crippen LogP contribution in [0.25, 0.3) is 0 Å². The van der Waals surface area contributed by atoms with E-state index in [-0.39, 0.29) is 23.6 Å². The molecule has 0 aliphatic rings. The van der Waals surface area contributed by atoms with Gasteiger partial charge in [-0.15, -0.1) is 0 Å². The minimum absolute atomic E-state index is 0.0738. The molecule has 22 heavy (non-hydrogen) atoms. The predicted octanol–water partition coefficient (Wildman–Crippen LogP) is 1.43. The Bertz CT molecular complexity index is 587. The van der Waals surface area contributed by atoms with E-state index >= 15 is 0 Å². The maximum absolute atomic E-state index is 12.1. The van der Waals surface area contributed by atoms with E-state index in [0.29, 0.717) is 0 Å². The average molecular weight is 325 g/mol. The lowest BCUT2D eigenvalue weighted by molar-refractivity contribution is -0.137. The molecule has 1 atom stereocenters. The fraction of sp³-hybridized carbons (Fsp3) is 0.267. The van der Waals surface area contributed by atoms with E-state index in [1.807, 2.05) is 0 Å². The van der Waals surface area contributed by atoms with Crippen molar-refractivity contribution in [2.75, 3.05) is 6.61 Å². The zero-order valence-corrected chi connectivity index (χ0v) is 12.8. The molecule has 1 aromatic rings. The van der Waals surface area contributed by atoms with E-state index in [1.54, 1.807) is 25.1 Å². The number of halogens is 1. The number of rotatable bonds is 7. The number of ether oxygens (including phenoxy) is 1. The van der Waals surface area contributed by atoms with E-state index in [1.165, 1.54) is 18.2 Å². The first-order valence-electron chi connectivity index (χ1n) is 6.63.